The van der Waals surface area contributed by atoms with Crippen LogP contribution in [0.4, 0.5) is 0 Å². The molecule has 1 aliphatic rings. The maximum atomic E-state index is 12.4. The normalized spacial score (nSPS) is 19.8. The van der Waals surface area contributed by atoms with Gasteiger partial charge in [0.25, 0.3) is 5.91 Å². The van der Waals surface area contributed by atoms with Gasteiger partial charge < -0.3 is 15.4 Å². The van der Waals surface area contributed by atoms with E-state index >= 15 is 0 Å². The third kappa shape index (κ3) is 3.81. The van der Waals surface area contributed by atoms with Crippen molar-refractivity contribution in [2.24, 2.45) is 0 Å². The average Bonchev–Trinajstić information content (AvgIpc) is 2.99. The highest BCUT2D eigenvalue weighted by atomic mass is 16.5. The van der Waals surface area contributed by atoms with Crippen LogP contribution in [0.1, 0.15) is 35.7 Å². The summed E-state index contributed by atoms with van der Waals surface area (Å²) in [6, 6.07) is 7.85. The highest BCUT2D eigenvalue weighted by molar-refractivity contribution is 5.95. The fourth-order valence-corrected chi connectivity index (χ4v) is 2.59. The molecule has 1 fully saturated rings. The zero-order valence-electron chi connectivity index (χ0n) is 12.3. The predicted molar refractivity (Wildman–Crippen MR) is 80.0 cm³/mol. The predicted octanol–water partition coefficient (Wildman–Crippen LogP) is 1.75. The van der Waals surface area contributed by atoms with Crippen LogP contribution in [0.25, 0.3) is 0 Å². The van der Waals surface area contributed by atoms with Crippen LogP contribution in [0.3, 0.4) is 0 Å². The standard InChI is InChI=1S/C16H24N2O2/c1-12(15-8-5-11-20-15)18-16(19)14-7-4-3-6-13(14)9-10-17-2/h3-4,6-7,12,15,17H,5,8-11H2,1-2H3,(H,18,19). The average molecular weight is 276 g/mol. The Kier molecular flexibility index (Phi) is 5.56. The molecule has 0 spiro atoms. The molecule has 1 heterocycles. The van der Waals surface area contributed by atoms with E-state index < -0.39 is 0 Å². The minimum atomic E-state index is -0.000275. The van der Waals surface area contributed by atoms with Crippen molar-refractivity contribution in [3.05, 3.63) is 35.4 Å². The van der Waals surface area contributed by atoms with E-state index in [0.29, 0.717) is 0 Å². The Labute approximate surface area is 120 Å². The van der Waals surface area contributed by atoms with Crippen LogP contribution >= 0.6 is 0 Å². The Morgan fingerprint density at radius 3 is 2.95 bits per heavy atom. The summed E-state index contributed by atoms with van der Waals surface area (Å²) in [5, 5.41) is 6.19. The summed E-state index contributed by atoms with van der Waals surface area (Å²) >= 11 is 0. The Hall–Kier alpha value is -1.39. The smallest absolute Gasteiger partial charge is 0.251 e. The zero-order chi connectivity index (χ0) is 14.4. The first-order valence-electron chi connectivity index (χ1n) is 7.37. The molecule has 4 nitrogen and oxygen atoms in total. The van der Waals surface area contributed by atoms with Gasteiger partial charge >= 0.3 is 0 Å². The molecule has 1 saturated heterocycles. The van der Waals surface area contributed by atoms with Crippen molar-refractivity contribution in [1.82, 2.24) is 10.6 Å². The molecule has 110 valence electrons. The lowest BCUT2D eigenvalue weighted by Gasteiger charge is -2.20. The van der Waals surface area contributed by atoms with Gasteiger partial charge in [-0.3, -0.25) is 4.79 Å². The largest absolute Gasteiger partial charge is 0.376 e. The maximum Gasteiger partial charge on any atom is 0.251 e. The molecule has 1 aromatic rings. The minimum Gasteiger partial charge on any atom is -0.376 e. The van der Waals surface area contributed by atoms with Crippen molar-refractivity contribution in [3.8, 4) is 0 Å². The number of hydrogen-bond acceptors (Lipinski definition) is 3. The second kappa shape index (κ2) is 7.41. The summed E-state index contributed by atoms with van der Waals surface area (Å²) in [4.78, 5) is 12.4. The first kappa shape index (κ1) is 15.0. The molecule has 2 unspecified atom stereocenters. The van der Waals surface area contributed by atoms with E-state index in [-0.39, 0.29) is 18.1 Å². The molecule has 0 radical (unpaired) electrons. The van der Waals surface area contributed by atoms with Crippen LogP contribution in [0.15, 0.2) is 24.3 Å². The number of nitrogens with one attached hydrogen (secondary N) is 2. The van der Waals surface area contributed by atoms with Crippen LogP contribution in [-0.2, 0) is 11.2 Å². The highest BCUT2D eigenvalue weighted by Gasteiger charge is 2.24. The van der Waals surface area contributed by atoms with Gasteiger partial charge in [-0.2, -0.15) is 0 Å². The van der Waals surface area contributed by atoms with Gasteiger partial charge in [0.1, 0.15) is 0 Å². The fourth-order valence-electron chi connectivity index (χ4n) is 2.59. The molecule has 2 N–H and O–H groups in total. The van der Waals surface area contributed by atoms with Crippen molar-refractivity contribution in [1.29, 1.82) is 0 Å². The Bertz CT molecular complexity index is 442. The van der Waals surface area contributed by atoms with Gasteiger partial charge in [-0.25, -0.2) is 0 Å². The number of ether oxygens (including phenoxy) is 1. The van der Waals surface area contributed by atoms with Gasteiger partial charge in [0, 0.05) is 12.2 Å². The molecule has 2 rings (SSSR count). The third-order valence-electron chi connectivity index (χ3n) is 3.79. The summed E-state index contributed by atoms with van der Waals surface area (Å²) in [5.41, 5.74) is 1.85. The van der Waals surface area contributed by atoms with Gasteiger partial charge in [-0.05, 0) is 51.4 Å². The third-order valence-corrected chi connectivity index (χ3v) is 3.79. The number of benzene rings is 1. The van der Waals surface area contributed by atoms with Gasteiger partial charge in [-0.15, -0.1) is 0 Å². The number of rotatable bonds is 6. The topological polar surface area (TPSA) is 50.4 Å². The number of amides is 1. The second-order valence-electron chi connectivity index (χ2n) is 5.32. The lowest BCUT2D eigenvalue weighted by atomic mass is 10.0. The van der Waals surface area contributed by atoms with E-state index in [4.69, 9.17) is 4.74 Å². The number of likely N-dealkylation sites (N-methyl/N-ethyl adjacent to an activating group) is 1. The molecule has 4 heteroatoms. The number of carbonyl (C=O) groups is 1. The molecule has 20 heavy (non-hydrogen) atoms. The SMILES string of the molecule is CNCCc1ccccc1C(=O)NC(C)C1CCCO1. The molecule has 2 atom stereocenters. The van der Waals surface area contributed by atoms with Crippen LogP contribution in [0.2, 0.25) is 0 Å². The van der Waals surface area contributed by atoms with Gasteiger partial charge in [0.15, 0.2) is 0 Å². The van der Waals surface area contributed by atoms with Crippen LogP contribution in [0.5, 0.6) is 0 Å². The first-order valence-corrected chi connectivity index (χ1v) is 7.37. The lowest BCUT2D eigenvalue weighted by Crippen LogP contribution is -2.41. The molecule has 0 saturated carbocycles. The van der Waals surface area contributed by atoms with Gasteiger partial charge in [0.05, 0.1) is 12.1 Å². The van der Waals surface area contributed by atoms with Gasteiger partial charge in [0.2, 0.25) is 0 Å². The summed E-state index contributed by atoms with van der Waals surface area (Å²) in [6.07, 6.45) is 3.13. The zero-order valence-corrected chi connectivity index (χ0v) is 12.3. The van der Waals surface area contributed by atoms with E-state index in [0.717, 1.165) is 43.5 Å². The van der Waals surface area contributed by atoms with Gasteiger partial charge in [-0.1, -0.05) is 18.2 Å². The quantitative estimate of drug-likeness (QED) is 0.832. The van der Waals surface area contributed by atoms with Crippen molar-refractivity contribution < 1.29 is 9.53 Å². The second-order valence-corrected chi connectivity index (χ2v) is 5.32. The highest BCUT2D eigenvalue weighted by Crippen LogP contribution is 2.16. The molecular formula is C16H24N2O2. The Balaban J connectivity index is 2.00. The summed E-state index contributed by atoms with van der Waals surface area (Å²) in [7, 11) is 1.92. The molecule has 1 aromatic carbocycles. The Morgan fingerprint density at radius 2 is 2.25 bits per heavy atom. The molecule has 1 aliphatic heterocycles. The van der Waals surface area contributed by atoms with Crippen LogP contribution in [-0.4, -0.2) is 38.3 Å². The lowest BCUT2D eigenvalue weighted by molar-refractivity contribution is 0.0712. The summed E-state index contributed by atoms with van der Waals surface area (Å²) in [5.74, 6) is -0.000275. The van der Waals surface area contributed by atoms with Crippen LogP contribution < -0.4 is 10.6 Å². The van der Waals surface area contributed by atoms with E-state index in [1.54, 1.807) is 0 Å². The minimum absolute atomic E-state index is 0.000275. The van der Waals surface area contributed by atoms with E-state index in [1.165, 1.54) is 0 Å². The van der Waals surface area contributed by atoms with Crippen molar-refractivity contribution in [2.45, 2.75) is 38.3 Å². The summed E-state index contributed by atoms with van der Waals surface area (Å²) < 4.78 is 5.62. The molecular weight excluding hydrogens is 252 g/mol. The maximum absolute atomic E-state index is 12.4. The Morgan fingerprint density at radius 1 is 1.45 bits per heavy atom. The molecule has 0 aromatic heterocycles. The van der Waals surface area contributed by atoms with Crippen molar-refractivity contribution in [3.63, 3.8) is 0 Å². The molecule has 1 amide bonds. The first-order chi connectivity index (χ1) is 9.72. The van der Waals surface area contributed by atoms with E-state index in [1.807, 2.05) is 38.2 Å². The molecule has 0 bridgehead atoms. The monoisotopic (exact) mass is 276 g/mol. The van der Waals surface area contributed by atoms with E-state index in [2.05, 4.69) is 10.6 Å². The van der Waals surface area contributed by atoms with Crippen LogP contribution in [0, 0.1) is 0 Å². The molecule has 0 aliphatic carbocycles. The summed E-state index contributed by atoms with van der Waals surface area (Å²) in [6.45, 7) is 3.69. The number of hydrogen-bond donors (Lipinski definition) is 2. The van der Waals surface area contributed by atoms with Crippen molar-refractivity contribution >= 4 is 5.91 Å². The van der Waals surface area contributed by atoms with Crippen molar-refractivity contribution in [2.75, 3.05) is 20.2 Å². The number of carbonyl (C=O) groups excluding carboxylic acids is 1. The van der Waals surface area contributed by atoms with E-state index in [9.17, 15) is 4.79 Å². The fraction of sp³-hybridized carbons (Fsp3) is 0.562.